The van der Waals surface area contributed by atoms with E-state index < -0.39 is 0 Å². The highest BCUT2D eigenvalue weighted by Crippen LogP contribution is 2.54. The topological polar surface area (TPSA) is 0 Å². The van der Waals surface area contributed by atoms with Gasteiger partial charge in [0, 0.05) is 51.3 Å². The third-order valence-corrected chi connectivity index (χ3v) is 14.6. The van der Waals surface area contributed by atoms with Crippen LogP contribution in [0.25, 0.3) is 106 Å². The van der Waals surface area contributed by atoms with Crippen molar-refractivity contribution in [1.29, 1.82) is 0 Å². The standard InChI is InChI=1S/C53H34S2/c1-53(2)43-27-25-32(50-51-40-21-11-13-23-46(40)54-47(51)30-42-35-16-10-12-22-45(35)55-52(42)50)28-41(43)34-26-24-33(29-44(34)53)49-38-19-8-6-17-36(38)48(31-14-4-3-5-15-31)37-18-7-9-20-39(37)49/h3-30H,1-2H3. The molecule has 1 aliphatic carbocycles. The maximum Gasteiger partial charge on any atom is 0.0441 e. The van der Waals surface area contributed by atoms with E-state index in [9.17, 15) is 0 Å². The van der Waals surface area contributed by atoms with Crippen LogP contribution in [-0.2, 0) is 5.41 Å². The first-order valence-electron chi connectivity index (χ1n) is 19.1. The molecule has 0 bridgehead atoms. The van der Waals surface area contributed by atoms with Crippen molar-refractivity contribution in [3.8, 4) is 44.5 Å². The average molecular weight is 735 g/mol. The van der Waals surface area contributed by atoms with E-state index in [1.165, 1.54) is 118 Å². The summed E-state index contributed by atoms with van der Waals surface area (Å²) in [4.78, 5) is 0. The van der Waals surface area contributed by atoms with Crippen molar-refractivity contribution in [1.82, 2.24) is 0 Å². The molecule has 0 amide bonds. The van der Waals surface area contributed by atoms with Crippen LogP contribution in [-0.4, -0.2) is 0 Å². The molecule has 9 aromatic carbocycles. The SMILES string of the molecule is CC1(C)c2ccc(-c3c4sc5ccccc5c4cc4sc5ccccc5c34)cc2-c2ccc(-c3c4ccccc4c(-c4ccccc4)c4ccccc34)cc21. The molecular weight excluding hydrogens is 701 g/mol. The lowest BCUT2D eigenvalue weighted by Gasteiger charge is -2.23. The van der Waals surface area contributed by atoms with Crippen molar-refractivity contribution in [3.05, 3.63) is 181 Å². The maximum absolute atomic E-state index is 2.51. The molecule has 55 heavy (non-hydrogen) atoms. The van der Waals surface area contributed by atoms with E-state index in [0.29, 0.717) is 0 Å². The summed E-state index contributed by atoms with van der Waals surface area (Å²) in [6.07, 6.45) is 0. The predicted octanol–water partition coefficient (Wildman–Crippen LogP) is 16.0. The number of thiophene rings is 2. The molecule has 0 nitrogen and oxygen atoms in total. The Bertz CT molecular complexity index is 3330. The van der Waals surface area contributed by atoms with Crippen molar-refractivity contribution in [2.75, 3.05) is 0 Å². The fourth-order valence-corrected chi connectivity index (χ4v) is 12.2. The van der Waals surface area contributed by atoms with Crippen LogP contribution in [0.3, 0.4) is 0 Å². The molecule has 0 fully saturated rings. The van der Waals surface area contributed by atoms with Crippen molar-refractivity contribution >= 4 is 84.6 Å². The van der Waals surface area contributed by atoms with E-state index >= 15 is 0 Å². The van der Waals surface area contributed by atoms with E-state index in [4.69, 9.17) is 0 Å². The minimum Gasteiger partial charge on any atom is -0.135 e. The summed E-state index contributed by atoms with van der Waals surface area (Å²) in [6, 6.07) is 63.8. The highest BCUT2D eigenvalue weighted by molar-refractivity contribution is 7.28. The van der Waals surface area contributed by atoms with Gasteiger partial charge in [0.25, 0.3) is 0 Å². The van der Waals surface area contributed by atoms with Crippen LogP contribution in [0.15, 0.2) is 170 Å². The zero-order valence-corrected chi connectivity index (χ0v) is 32.1. The summed E-state index contributed by atoms with van der Waals surface area (Å²) in [7, 11) is 0. The van der Waals surface area contributed by atoms with Crippen molar-refractivity contribution in [3.63, 3.8) is 0 Å². The van der Waals surface area contributed by atoms with Crippen LogP contribution in [0, 0.1) is 0 Å². The smallest absolute Gasteiger partial charge is 0.0441 e. The molecule has 0 unspecified atom stereocenters. The van der Waals surface area contributed by atoms with Crippen LogP contribution in [0.1, 0.15) is 25.0 Å². The highest BCUT2D eigenvalue weighted by atomic mass is 32.1. The van der Waals surface area contributed by atoms with Gasteiger partial charge in [-0.15, -0.1) is 22.7 Å². The van der Waals surface area contributed by atoms with E-state index in [2.05, 4.69) is 184 Å². The zero-order valence-electron chi connectivity index (χ0n) is 30.5. The molecule has 0 radical (unpaired) electrons. The molecule has 258 valence electrons. The Labute approximate surface area is 327 Å². The van der Waals surface area contributed by atoms with Gasteiger partial charge in [-0.3, -0.25) is 0 Å². The molecule has 0 aliphatic heterocycles. The van der Waals surface area contributed by atoms with Crippen molar-refractivity contribution in [2.45, 2.75) is 19.3 Å². The summed E-state index contributed by atoms with van der Waals surface area (Å²) in [6.45, 7) is 4.82. The molecule has 1 aliphatic rings. The number of rotatable bonds is 3. The predicted molar refractivity (Wildman–Crippen MR) is 241 cm³/mol. The zero-order chi connectivity index (χ0) is 36.4. The fraction of sp³-hybridized carbons (Fsp3) is 0.0566. The molecule has 0 atom stereocenters. The van der Waals surface area contributed by atoms with Gasteiger partial charge in [0.1, 0.15) is 0 Å². The Hall–Kier alpha value is -6.06. The molecule has 0 saturated carbocycles. The van der Waals surface area contributed by atoms with Gasteiger partial charge in [-0.05, 0) is 102 Å². The van der Waals surface area contributed by atoms with Crippen LogP contribution in [0.4, 0.5) is 0 Å². The first-order valence-corrected chi connectivity index (χ1v) is 20.7. The first kappa shape index (κ1) is 31.3. The van der Waals surface area contributed by atoms with E-state index in [1.54, 1.807) is 0 Å². The van der Waals surface area contributed by atoms with Gasteiger partial charge in [-0.1, -0.05) is 153 Å². The van der Waals surface area contributed by atoms with E-state index in [0.717, 1.165) is 0 Å². The second-order valence-corrected chi connectivity index (χ2v) is 17.7. The van der Waals surface area contributed by atoms with Gasteiger partial charge in [0.05, 0.1) is 0 Å². The van der Waals surface area contributed by atoms with Crippen LogP contribution >= 0.6 is 22.7 Å². The van der Waals surface area contributed by atoms with Gasteiger partial charge in [-0.2, -0.15) is 0 Å². The Morgan fingerprint density at radius 3 is 1.58 bits per heavy atom. The molecule has 2 heteroatoms. The summed E-state index contributed by atoms with van der Waals surface area (Å²) < 4.78 is 5.43. The Morgan fingerprint density at radius 2 is 0.891 bits per heavy atom. The quantitative estimate of drug-likeness (QED) is 0.159. The average Bonchev–Trinajstić information content (AvgIpc) is 3.86. The molecule has 12 rings (SSSR count). The lowest BCUT2D eigenvalue weighted by atomic mass is 9.80. The van der Waals surface area contributed by atoms with Crippen molar-refractivity contribution in [2.24, 2.45) is 0 Å². The Balaban J connectivity index is 1.09. The molecular formula is C53H34S2. The second kappa shape index (κ2) is 11.5. The van der Waals surface area contributed by atoms with Gasteiger partial charge in [0.2, 0.25) is 0 Å². The minimum atomic E-state index is -0.150. The second-order valence-electron chi connectivity index (χ2n) is 15.6. The summed E-state index contributed by atoms with van der Waals surface area (Å²) in [5.41, 5.74) is 13.1. The summed E-state index contributed by atoms with van der Waals surface area (Å²) in [5.74, 6) is 0. The number of fused-ring (bicyclic) bond motifs is 11. The van der Waals surface area contributed by atoms with E-state index in [-0.39, 0.29) is 5.41 Å². The maximum atomic E-state index is 2.51. The lowest BCUT2D eigenvalue weighted by Crippen LogP contribution is -2.15. The number of hydrogen-bond acceptors (Lipinski definition) is 2. The highest BCUT2D eigenvalue weighted by Gasteiger charge is 2.36. The normalized spacial score (nSPS) is 13.4. The Morgan fingerprint density at radius 1 is 0.345 bits per heavy atom. The molecule has 0 N–H and O–H groups in total. The molecule has 0 spiro atoms. The Kier molecular flexibility index (Phi) is 6.53. The van der Waals surface area contributed by atoms with E-state index in [1.807, 2.05) is 22.7 Å². The third-order valence-electron chi connectivity index (χ3n) is 12.3. The number of benzene rings is 9. The lowest BCUT2D eigenvalue weighted by molar-refractivity contribution is 0.660. The summed E-state index contributed by atoms with van der Waals surface area (Å²) >= 11 is 3.85. The van der Waals surface area contributed by atoms with Crippen molar-refractivity contribution < 1.29 is 0 Å². The third kappa shape index (κ3) is 4.38. The van der Waals surface area contributed by atoms with Gasteiger partial charge in [-0.25, -0.2) is 0 Å². The van der Waals surface area contributed by atoms with Crippen LogP contribution < -0.4 is 0 Å². The number of hydrogen-bond donors (Lipinski definition) is 0. The van der Waals surface area contributed by atoms with Crippen LogP contribution in [0.5, 0.6) is 0 Å². The monoisotopic (exact) mass is 734 g/mol. The molecule has 0 saturated heterocycles. The minimum absolute atomic E-state index is 0.150. The molecule has 11 aromatic rings. The van der Waals surface area contributed by atoms with Gasteiger partial charge >= 0.3 is 0 Å². The molecule has 2 aromatic heterocycles. The summed E-state index contributed by atoms with van der Waals surface area (Å²) in [5, 5.41) is 10.6. The van der Waals surface area contributed by atoms with Gasteiger partial charge in [0.15, 0.2) is 0 Å². The first-order chi connectivity index (χ1) is 27.0. The fourth-order valence-electron chi connectivity index (χ4n) is 9.76. The van der Waals surface area contributed by atoms with Crippen LogP contribution in [0.2, 0.25) is 0 Å². The largest absolute Gasteiger partial charge is 0.135 e. The van der Waals surface area contributed by atoms with Gasteiger partial charge < -0.3 is 0 Å². The molecule has 2 heterocycles.